The van der Waals surface area contributed by atoms with Gasteiger partial charge >= 0.3 is 0 Å². The first-order valence-corrected chi connectivity index (χ1v) is 7.00. The van der Waals surface area contributed by atoms with Crippen molar-refractivity contribution in [3.63, 3.8) is 0 Å². The van der Waals surface area contributed by atoms with Crippen molar-refractivity contribution in [3.8, 4) is 5.69 Å². The highest BCUT2D eigenvalue weighted by atomic mass is 16.5. The molecular weight excluding hydrogens is 266 g/mol. The Morgan fingerprint density at radius 1 is 1.29 bits per heavy atom. The van der Waals surface area contributed by atoms with Crippen molar-refractivity contribution < 1.29 is 9.53 Å². The van der Waals surface area contributed by atoms with E-state index in [1.807, 2.05) is 56.5 Å². The van der Waals surface area contributed by atoms with Crippen LogP contribution in [-0.2, 0) is 9.53 Å². The first kappa shape index (κ1) is 15.3. The average Bonchev–Trinajstić information content (AvgIpc) is 2.78. The molecule has 112 valence electrons. The van der Waals surface area contributed by atoms with E-state index in [-0.39, 0.29) is 18.6 Å². The van der Waals surface area contributed by atoms with Gasteiger partial charge < -0.3 is 14.6 Å². The second kappa shape index (κ2) is 6.54. The minimum Gasteiger partial charge on any atom is -0.369 e. The summed E-state index contributed by atoms with van der Waals surface area (Å²) >= 11 is 0. The molecule has 0 saturated carbocycles. The van der Waals surface area contributed by atoms with Crippen molar-refractivity contribution in [3.05, 3.63) is 42.0 Å². The van der Waals surface area contributed by atoms with Crippen molar-refractivity contribution in [2.45, 2.75) is 33.8 Å². The number of ether oxygens (including phenoxy) is 1. The van der Waals surface area contributed by atoms with Gasteiger partial charge in [-0.15, -0.1) is 0 Å². The molecule has 1 amide bonds. The van der Waals surface area contributed by atoms with Gasteiger partial charge in [0, 0.05) is 17.1 Å². The Hall–Kier alpha value is -2.14. The number of nitrogens with zero attached hydrogens (tertiary/aromatic N) is 2. The van der Waals surface area contributed by atoms with E-state index in [0.717, 1.165) is 22.8 Å². The van der Waals surface area contributed by atoms with Crippen molar-refractivity contribution in [1.29, 1.82) is 0 Å². The second-order valence-corrected chi connectivity index (χ2v) is 5.24. The lowest BCUT2D eigenvalue weighted by Gasteiger charge is -2.10. The summed E-state index contributed by atoms with van der Waals surface area (Å²) in [5.74, 6) is -0.147. The number of imidazole rings is 1. The quantitative estimate of drug-likeness (QED) is 0.920. The normalized spacial score (nSPS) is 10.9. The topological polar surface area (TPSA) is 56.2 Å². The zero-order chi connectivity index (χ0) is 15.4. The number of anilines is 1. The molecule has 0 spiro atoms. The van der Waals surface area contributed by atoms with Gasteiger partial charge in [0.2, 0.25) is 5.91 Å². The summed E-state index contributed by atoms with van der Waals surface area (Å²) in [7, 11) is 0. The lowest BCUT2D eigenvalue weighted by Crippen LogP contribution is -2.20. The lowest BCUT2D eigenvalue weighted by atomic mass is 10.2. The molecule has 1 aromatic heterocycles. The van der Waals surface area contributed by atoms with Crippen LogP contribution in [0.3, 0.4) is 0 Å². The molecule has 0 unspecified atom stereocenters. The molecule has 2 rings (SSSR count). The van der Waals surface area contributed by atoms with E-state index < -0.39 is 0 Å². The number of hydrogen-bond acceptors (Lipinski definition) is 3. The fourth-order valence-electron chi connectivity index (χ4n) is 1.90. The standard InChI is InChI=1S/C16H21N3O2/c1-11(2)21-9-16(20)18-14-5-7-15(8-6-14)19-10-17-12(3)13(19)4/h5-8,10-11H,9H2,1-4H3,(H,18,20). The minimum absolute atomic E-state index is 0.0468. The Kier molecular flexibility index (Phi) is 4.75. The highest BCUT2D eigenvalue weighted by Gasteiger charge is 2.06. The van der Waals surface area contributed by atoms with Crippen LogP contribution in [0.1, 0.15) is 25.2 Å². The van der Waals surface area contributed by atoms with E-state index in [1.165, 1.54) is 0 Å². The highest BCUT2D eigenvalue weighted by Crippen LogP contribution is 2.16. The van der Waals surface area contributed by atoms with Crippen LogP contribution in [0.2, 0.25) is 0 Å². The molecule has 0 atom stereocenters. The van der Waals surface area contributed by atoms with Crippen molar-refractivity contribution in [2.24, 2.45) is 0 Å². The lowest BCUT2D eigenvalue weighted by molar-refractivity contribution is -0.121. The van der Waals surface area contributed by atoms with Crippen LogP contribution in [-0.4, -0.2) is 28.2 Å². The number of hydrogen-bond donors (Lipinski definition) is 1. The first-order chi connectivity index (χ1) is 9.97. The second-order valence-electron chi connectivity index (χ2n) is 5.24. The number of nitrogens with one attached hydrogen (secondary N) is 1. The van der Waals surface area contributed by atoms with E-state index in [4.69, 9.17) is 4.74 Å². The number of rotatable bonds is 5. The van der Waals surface area contributed by atoms with Crippen LogP contribution in [0.4, 0.5) is 5.69 Å². The van der Waals surface area contributed by atoms with Crippen LogP contribution >= 0.6 is 0 Å². The van der Waals surface area contributed by atoms with Gasteiger partial charge in [0.15, 0.2) is 0 Å². The molecule has 0 aliphatic rings. The maximum absolute atomic E-state index is 11.7. The Bertz CT molecular complexity index is 615. The summed E-state index contributed by atoms with van der Waals surface area (Å²) in [6.07, 6.45) is 1.85. The number of aryl methyl sites for hydroxylation is 1. The molecule has 5 nitrogen and oxygen atoms in total. The zero-order valence-corrected chi connectivity index (χ0v) is 12.9. The van der Waals surface area contributed by atoms with E-state index in [9.17, 15) is 4.79 Å². The van der Waals surface area contributed by atoms with Gasteiger partial charge in [-0.2, -0.15) is 0 Å². The molecule has 1 aromatic carbocycles. The summed E-state index contributed by atoms with van der Waals surface area (Å²) in [6, 6.07) is 7.65. The third-order valence-electron chi connectivity index (χ3n) is 3.23. The average molecular weight is 287 g/mol. The molecule has 5 heteroatoms. The summed E-state index contributed by atoms with van der Waals surface area (Å²) in [4.78, 5) is 16.0. The summed E-state index contributed by atoms with van der Waals surface area (Å²) in [6.45, 7) is 7.88. The maximum Gasteiger partial charge on any atom is 0.250 e. The largest absolute Gasteiger partial charge is 0.369 e. The van der Waals surface area contributed by atoms with Crippen LogP contribution in [0.15, 0.2) is 30.6 Å². The van der Waals surface area contributed by atoms with E-state index in [0.29, 0.717) is 0 Å². The predicted octanol–water partition coefficient (Wildman–Crippen LogP) is 2.85. The van der Waals surface area contributed by atoms with Gasteiger partial charge in [-0.25, -0.2) is 4.98 Å². The SMILES string of the molecule is Cc1ncn(-c2ccc(NC(=O)COC(C)C)cc2)c1C. The summed E-state index contributed by atoms with van der Waals surface area (Å²) in [5.41, 5.74) is 3.89. The number of carbonyl (C=O) groups excluding carboxylic acids is 1. The van der Waals surface area contributed by atoms with Gasteiger partial charge in [0.05, 0.1) is 18.1 Å². The molecule has 0 bridgehead atoms. The van der Waals surface area contributed by atoms with Crippen LogP contribution in [0, 0.1) is 13.8 Å². The van der Waals surface area contributed by atoms with Crippen LogP contribution in [0.5, 0.6) is 0 Å². The van der Waals surface area contributed by atoms with Crippen molar-refractivity contribution in [2.75, 3.05) is 11.9 Å². The van der Waals surface area contributed by atoms with Crippen molar-refractivity contribution >= 4 is 11.6 Å². The molecule has 1 heterocycles. The Morgan fingerprint density at radius 2 is 1.95 bits per heavy atom. The number of carbonyl (C=O) groups is 1. The first-order valence-electron chi connectivity index (χ1n) is 7.00. The Balaban J connectivity index is 2.02. The molecule has 21 heavy (non-hydrogen) atoms. The van der Waals surface area contributed by atoms with Crippen LogP contribution < -0.4 is 5.32 Å². The monoisotopic (exact) mass is 287 g/mol. The molecular formula is C16H21N3O2. The molecule has 1 N–H and O–H groups in total. The third-order valence-corrected chi connectivity index (χ3v) is 3.23. The van der Waals surface area contributed by atoms with Gasteiger partial charge in [0.25, 0.3) is 0 Å². The van der Waals surface area contributed by atoms with E-state index >= 15 is 0 Å². The van der Waals surface area contributed by atoms with Gasteiger partial charge in [-0.05, 0) is 52.0 Å². The molecule has 0 saturated heterocycles. The number of benzene rings is 1. The molecule has 2 aromatic rings. The van der Waals surface area contributed by atoms with E-state index in [1.54, 1.807) is 6.33 Å². The number of aromatic nitrogens is 2. The van der Waals surface area contributed by atoms with E-state index in [2.05, 4.69) is 10.3 Å². The third kappa shape index (κ3) is 3.92. The zero-order valence-electron chi connectivity index (χ0n) is 12.9. The molecule has 0 aliphatic carbocycles. The van der Waals surface area contributed by atoms with Gasteiger partial charge in [-0.3, -0.25) is 4.79 Å². The number of amides is 1. The summed E-state index contributed by atoms with van der Waals surface area (Å²) in [5, 5.41) is 2.81. The predicted molar refractivity (Wildman–Crippen MR) is 82.8 cm³/mol. The Morgan fingerprint density at radius 3 is 2.48 bits per heavy atom. The van der Waals surface area contributed by atoms with Crippen LogP contribution in [0.25, 0.3) is 5.69 Å². The highest BCUT2D eigenvalue weighted by molar-refractivity contribution is 5.91. The minimum atomic E-state index is -0.147. The van der Waals surface area contributed by atoms with Crippen molar-refractivity contribution in [1.82, 2.24) is 9.55 Å². The summed E-state index contributed by atoms with van der Waals surface area (Å²) < 4.78 is 7.28. The molecule has 0 radical (unpaired) electrons. The van der Waals surface area contributed by atoms with Gasteiger partial charge in [0.1, 0.15) is 6.61 Å². The fraction of sp³-hybridized carbons (Fsp3) is 0.375. The maximum atomic E-state index is 11.7. The fourth-order valence-corrected chi connectivity index (χ4v) is 1.90. The molecule has 0 fully saturated rings. The molecule has 0 aliphatic heterocycles. The Labute approximate surface area is 125 Å². The van der Waals surface area contributed by atoms with Gasteiger partial charge in [-0.1, -0.05) is 0 Å². The smallest absolute Gasteiger partial charge is 0.250 e.